The molecular formula is C11H21F3N2OS. The third-order valence-corrected chi connectivity index (χ3v) is 3.03. The molecule has 0 aromatic carbocycles. The minimum Gasteiger partial charge on any atom is -0.355 e. The van der Waals surface area contributed by atoms with Crippen molar-refractivity contribution in [2.45, 2.75) is 44.7 Å². The highest BCUT2D eigenvalue weighted by atomic mass is 32.2. The van der Waals surface area contributed by atoms with Crippen molar-refractivity contribution >= 4 is 17.7 Å². The molecule has 0 rings (SSSR count). The van der Waals surface area contributed by atoms with Gasteiger partial charge in [-0.2, -0.15) is 13.2 Å². The van der Waals surface area contributed by atoms with Gasteiger partial charge in [-0.3, -0.25) is 4.79 Å². The van der Waals surface area contributed by atoms with Gasteiger partial charge in [-0.1, -0.05) is 19.8 Å². The summed E-state index contributed by atoms with van der Waals surface area (Å²) >= 11 is -0.0825. The van der Waals surface area contributed by atoms with Crippen LogP contribution in [0.2, 0.25) is 0 Å². The summed E-state index contributed by atoms with van der Waals surface area (Å²) in [6, 6.07) is -0.458. The van der Waals surface area contributed by atoms with E-state index in [4.69, 9.17) is 0 Å². The Morgan fingerprint density at radius 3 is 2.50 bits per heavy atom. The molecule has 108 valence electrons. The number of carbonyl (C=O) groups excluding carboxylic acids is 1. The number of halogens is 3. The SMILES string of the molecule is CCCCCNC(=O)C(C)NCCSC(F)(F)F. The highest BCUT2D eigenvalue weighted by molar-refractivity contribution is 8.00. The summed E-state index contributed by atoms with van der Waals surface area (Å²) in [5, 5.41) is 5.51. The minimum atomic E-state index is -4.20. The molecule has 0 aliphatic rings. The van der Waals surface area contributed by atoms with Crippen LogP contribution in [-0.4, -0.2) is 36.3 Å². The maximum atomic E-state index is 11.8. The van der Waals surface area contributed by atoms with Crippen LogP contribution < -0.4 is 10.6 Å². The second-order valence-corrected chi connectivity index (χ2v) is 5.13. The summed E-state index contributed by atoms with van der Waals surface area (Å²) in [7, 11) is 0. The zero-order valence-corrected chi connectivity index (χ0v) is 11.6. The molecule has 0 aromatic heterocycles. The second kappa shape index (κ2) is 9.49. The summed E-state index contributed by atoms with van der Waals surface area (Å²) in [6.45, 7) is 4.50. The van der Waals surface area contributed by atoms with Crippen molar-refractivity contribution in [1.82, 2.24) is 10.6 Å². The quantitative estimate of drug-likeness (QED) is 0.640. The van der Waals surface area contributed by atoms with Crippen molar-refractivity contribution < 1.29 is 18.0 Å². The van der Waals surface area contributed by atoms with Gasteiger partial charge in [-0.05, 0) is 25.1 Å². The van der Waals surface area contributed by atoms with E-state index in [1.165, 1.54) is 0 Å². The van der Waals surface area contributed by atoms with Gasteiger partial charge < -0.3 is 10.6 Å². The zero-order chi connectivity index (χ0) is 14.0. The van der Waals surface area contributed by atoms with Crippen molar-refractivity contribution in [2.24, 2.45) is 0 Å². The summed E-state index contributed by atoms with van der Waals surface area (Å²) in [5.41, 5.74) is -4.20. The summed E-state index contributed by atoms with van der Waals surface area (Å²) in [6.07, 6.45) is 3.07. The normalized spacial score (nSPS) is 13.4. The average Bonchev–Trinajstić information content (AvgIpc) is 2.28. The van der Waals surface area contributed by atoms with Crippen LogP contribution in [-0.2, 0) is 4.79 Å². The number of hydrogen-bond acceptors (Lipinski definition) is 3. The molecule has 0 heterocycles. The molecule has 1 atom stereocenters. The molecule has 0 aliphatic carbocycles. The van der Waals surface area contributed by atoms with E-state index in [0.29, 0.717) is 6.54 Å². The fraction of sp³-hybridized carbons (Fsp3) is 0.909. The Kier molecular flexibility index (Phi) is 9.27. The molecule has 0 saturated carbocycles. The standard InChI is InChI=1S/C11H21F3N2OS/c1-3-4-5-6-16-10(17)9(2)15-7-8-18-11(12,13)14/h9,15H,3-8H2,1-2H3,(H,16,17). The highest BCUT2D eigenvalue weighted by Crippen LogP contribution is 2.29. The number of hydrogen-bond donors (Lipinski definition) is 2. The smallest absolute Gasteiger partial charge is 0.355 e. The maximum Gasteiger partial charge on any atom is 0.441 e. The van der Waals surface area contributed by atoms with Gasteiger partial charge in [0, 0.05) is 18.8 Å². The molecule has 7 heteroatoms. The largest absolute Gasteiger partial charge is 0.441 e. The van der Waals surface area contributed by atoms with E-state index in [9.17, 15) is 18.0 Å². The van der Waals surface area contributed by atoms with E-state index >= 15 is 0 Å². The first-order valence-corrected chi connectivity index (χ1v) is 7.07. The van der Waals surface area contributed by atoms with Crippen molar-refractivity contribution in [3.05, 3.63) is 0 Å². The third kappa shape index (κ3) is 10.7. The highest BCUT2D eigenvalue weighted by Gasteiger charge is 2.27. The van der Waals surface area contributed by atoms with Gasteiger partial charge in [-0.15, -0.1) is 0 Å². The van der Waals surface area contributed by atoms with E-state index in [1.807, 2.05) is 0 Å². The van der Waals surface area contributed by atoms with Crippen LogP contribution >= 0.6 is 11.8 Å². The first-order chi connectivity index (χ1) is 8.37. The predicted molar refractivity (Wildman–Crippen MR) is 68.5 cm³/mol. The van der Waals surface area contributed by atoms with Gasteiger partial charge in [0.25, 0.3) is 0 Å². The Morgan fingerprint density at radius 1 is 1.28 bits per heavy atom. The van der Waals surface area contributed by atoms with E-state index in [-0.39, 0.29) is 30.0 Å². The van der Waals surface area contributed by atoms with Gasteiger partial charge in [-0.25, -0.2) is 0 Å². The number of alkyl halides is 3. The fourth-order valence-electron chi connectivity index (χ4n) is 1.27. The third-order valence-electron chi connectivity index (χ3n) is 2.29. The lowest BCUT2D eigenvalue weighted by molar-refractivity contribution is -0.122. The molecule has 2 N–H and O–H groups in total. The number of carbonyl (C=O) groups is 1. The number of nitrogens with one attached hydrogen (secondary N) is 2. The van der Waals surface area contributed by atoms with Gasteiger partial charge >= 0.3 is 5.51 Å². The predicted octanol–water partition coefficient (Wildman–Crippen LogP) is 2.52. The van der Waals surface area contributed by atoms with Crippen LogP contribution in [0.4, 0.5) is 13.2 Å². The molecule has 0 bridgehead atoms. The number of unbranched alkanes of at least 4 members (excludes halogenated alkanes) is 2. The Morgan fingerprint density at radius 2 is 1.94 bits per heavy atom. The Labute approximate surface area is 110 Å². The van der Waals surface area contributed by atoms with Crippen molar-refractivity contribution in [3.63, 3.8) is 0 Å². The summed E-state index contributed by atoms with van der Waals surface area (Å²) < 4.78 is 35.5. The molecule has 0 aromatic rings. The first kappa shape index (κ1) is 17.6. The van der Waals surface area contributed by atoms with E-state index in [1.54, 1.807) is 6.92 Å². The van der Waals surface area contributed by atoms with Crippen molar-refractivity contribution in [1.29, 1.82) is 0 Å². The van der Waals surface area contributed by atoms with Crippen LogP contribution in [0.3, 0.4) is 0 Å². The van der Waals surface area contributed by atoms with Crippen LogP contribution in [0.15, 0.2) is 0 Å². The Balaban J connectivity index is 3.56. The van der Waals surface area contributed by atoms with Crippen molar-refractivity contribution in [3.8, 4) is 0 Å². The van der Waals surface area contributed by atoms with Gasteiger partial charge in [0.05, 0.1) is 6.04 Å². The molecule has 3 nitrogen and oxygen atoms in total. The monoisotopic (exact) mass is 286 g/mol. The van der Waals surface area contributed by atoms with E-state index < -0.39 is 11.6 Å². The molecule has 1 unspecified atom stereocenters. The number of thioether (sulfide) groups is 1. The topological polar surface area (TPSA) is 41.1 Å². The summed E-state index contributed by atoms with van der Waals surface area (Å²) in [4.78, 5) is 11.5. The lowest BCUT2D eigenvalue weighted by Crippen LogP contribution is -2.43. The van der Waals surface area contributed by atoms with Gasteiger partial charge in [0.1, 0.15) is 0 Å². The first-order valence-electron chi connectivity index (χ1n) is 6.08. The molecular weight excluding hydrogens is 265 g/mol. The molecule has 0 spiro atoms. The van der Waals surface area contributed by atoms with E-state index in [2.05, 4.69) is 17.6 Å². The molecule has 0 fully saturated rings. The molecule has 0 radical (unpaired) electrons. The lowest BCUT2D eigenvalue weighted by atomic mass is 10.2. The van der Waals surface area contributed by atoms with Crippen LogP contribution in [0, 0.1) is 0 Å². The number of amides is 1. The average molecular weight is 286 g/mol. The molecule has 18 heavy (non-hydrogen) atoms. The lowest BCUT2D eigenvalue weighted by Gasteiger charge is -2.14. The van der Waals surface area contributed by atoms with Crippen LogP contribution in [0.25, 0.3) is 0 Å². The fourth-order valence-corrected chi connectivity index (χ4v) is 1.73. The van der Waals surface area contributed by atoms with Gasteiger partial charge in [0.2, 0.25) is 5.91 Å². The van der Waals surface area contributed by atoms with E-state index in [0.717, 1.165) is 19.3 Å². The Hall–Kier alpha value is -0.430. The number of rotatable bonds is 9. The van der Waals surface area contributed by atoms with Crippen molar-refractivity contribution in [2.75, 3.05) is 18.8 Å². The van der Waals surface area contributed by atoms with Crippen LogP contribution in [0.5, 0.6) is 0 Å². The molecule has 1 amide bonds. The molecule has 0 aliphatic heterocycles. The summed E-state index contributed by atoms with van der Waals surface area (Å²) in [5.74, 6) is -0.250. The van der Waals surface area contributed by atoms with Crippen LogP contribution in [0.1, 0.15) is 33.1 Å². The maximum absolute atomic E-state index is 11.8. The molecule has 0 saturated heterocycles. The second-order valence-electron chi connectivity index (χ2n) is 3.97. The Bertz CT molecular complexity index is 237. The zero-order valence-electron chi connectivity index (χ0n) is 10.8. The minimum absolute atomic E-state index is 0.0825. The van der Waals surface area contributed by atoms with Gasteiger partial charge in [0.15, 0.2) is 0 Å².